The molecular formula is C10H13NO. The van der Waals surface area contributed by atoms with Gasteiger partial charge in [-0.15, -0.1) is 0 Å². The lowest BCUT2D eigenvalue weighted by atomic mass is 10.1. The molecule has 0 unspecified atom stereocenters. The third kappa shape index (κ3) is 2.16. The Morgan fingerprint density at radius 2 is 2.25 bits per heavy atom. The van der Waals surface area contributed by atoms with E-state index in [9.17, 15) is 4.79 Å². The predicted molar refractivity (Wildman–Crippen MR) is 48.1 cm³/mol. The van der Waals surface area contributed by atoms with E-state index in [0.29, 0.717) is 6.42 Å². The smallest absolute Gasteiger partial charge is 0.120 e. The van der Waals surface area contributed by atoms with E-state index in [4.69, 9.17) is 0 Å². The summed E-state index contributed by atoms with van der Waals surface area (Å²) in [5.74, 6) is 0. The number of aldehydes is 1. The molecule has 0 aliphatic rings. The summed E-state index contributed by atoms with van der Waals surface area (Å²) in [6.45, 7) is 4.05. The fraction of sp³-hybridized carbons (Fsp3) is 0.400. The largest absolute Gasteiger partial charge is 0.303 e. The minimum Gasteiger partial charge on any atom is -0.303 e. The lowest BCUT2D eigenvalue weighted by Gasteiger charge is -2.02. The molecule has 2 nitrogen and oxygen atoms in total. The van der Waals surface area contributed by atoms with Gasteiger partial charge in [0.15, 0.2) is 0 Å². The minimum absolute atomic E-state index is 0.566. The van der Waals surface area contributed by atoms with E-state index in [2.05, 4.69) is 11.1 Å². The summed E-state index contributed by atoms with van der Waals surface area (Å²) in [6, 6.07) is 2.09. The number of rotatable bonds is 3. The van der Waals surface area contributed by atoms with Crippen molar-refractivity contribution >= 4 is 6.29 Å². The van der Waals surface area contributed by atoms with Crippen molar-refractivity contribution in [3.8, 4) is 0 Å². The van der Waals surface area contributed by atoms with Crippen molar-refractivity contribution in [2.24, 2.45) is 0 Å². The Hall–Kier alpha value is -1.18. The second kappa shape index (κ2) is 4.00. The quantitative estimate of drug-likeness (QED) is 0.636. The Kier molecular flexibility index (Phi) is 2.97. The molecule has 0 saturated carbocycles. The standard InChI is InChI=1S/C10H13NO/c1-8-6-9(2)10(11-7-8)4-3-5-12/h5-7H,3-4H2,1-2H3. The van der Waals surface area contributed by atoms with Gasteiger partial charge in [0.05, 0.1) is 0 Å². The van der Waals surface area contributed by atoms with Gasteiger partial charge in [-0.3, -0.25) is 4.98 Å². The molecule has 0 N–H and O–H groups in total. The molecule has 0 amide bonds. The second-order valence-corrected chi connectivity index (χ2v) is 2.98. The average Bonchev–Trinajstić information content (AvgIpc) is 2.03. The van der Waals surface area contributed by atoms with Crippen LogP contribution in [0.1, 0.15) is 23.2 Å². The molecular weight excluding hydrogens is 150 g/mol. The highest BCUT2D eigenvalue weighted by Gasteiger charge is 1.98. The number of nitrogens with zero attached hydrogens (tertiary/aromatic N) is 1. The van der Waals surface area contributed by atoms with Gasteiger partial charge in [0.25, 0.3) is 0 Å². The van der Waals surface area contributed by atoms with Crippen LogP contribution in [0.25, 0.3) is 0 Å². The van der Waals surface area contributed by atoms with Crippen LogP contribution in [0, 0.1) is 13.8 Å². The summed E-state index contributed by atoms with van der Waals surface area (Å²) in [4.78, 5) is 14.4. The monoisotopic (exact) mass is 163 g/mol. The Morgan fingerprint density at radius 1 is 1.50 bits per heavy atom. The molecule has 0 bridgehead atoms. The van der Waals surface area contributed by atoms with Gasteiger partial charge < -0.3 is 4.79 Å². The maximum Gasteiger partial charge on any atom is 0.120 e. The highest BCUT2D eigenvalue weighted by molar-refractivity contribution is 5.50. The lowest BCUT2D eigenvalue weighted by Crippen LogP contribution is -1.95. The highest BCUT2D eigenvalue weighted by atomic mass is 16.1. The normalized spacial score (nSPS) is 9.83. The first-order valence-corrected chi connectivity index (χ1v) is 4.10. The SMILES string of the molecule is Cc1cnc(CCC=O)c(C)c1. The zero-order valence-electron chi connectivity index (χ0n) is 7.50. The maximum atomic E-state index is 10.1. The van der Waals surface area contributed by atoms with Crippen molar-refractivity contribution in [3.05, 3.63) is 29.1 Å². The second-order valence-electron chi connectivity index (χ2n) is 2.98. The molecule has 2 heteroatoms. The van der Waals surface area contributed by atoms with Crippen LogP contribution < -0.4 is 0 Å². The maximum absolute atomic E-state index is 10.1. The molecule has 0 fully saturated rings. The molecule has 0 aromatic carbocycles. The Balaban J connectivity index is 2.78. The molecule has 0 atom stereocenters. The van der Waals surface area contributed by atoms with Crippen LogP contribution in [0.5, 0.6) is 0 Å². The summed E-state index contributed by atoms with van der Waals surface area (Å²) in [6.07, 6.45) is 4.10. The van der Waals surface area contributed by atoms with Crippen LogP contribution in [0.15, 0.2) is 12.3 Å². The van der Waals surface area contributed by atoms with Crippen LogP contribution in [0.3, 0.4) is 0 Å². The van der Waals surface area contributed by atoms with Crippen LogP contribution in [0.4, 0.5) is 0 Å². The van der Waals surface area contributed by atoms with Crippen LogP contribution in [-0.4, -0.2) is 11.3 Å². The number of pyridine rings is 1. The van der Waals surface area contributed by atoms with Gasteiger partial charge in [-0.2, -0.15) is 0 Å². The third-order valence-electron chi connectivity index (χ3n) is 1.82. The summed E-state index contributed by atoms with van der Waals surface area (Å²) in [5.41, 5.74) is 3.38. The highest BCUT2D eigenvalue weighted by Crippen LogP contribution is 2.08. The van der Waals surface area contributed by atoms with E-state index < -0.39 is 0 Å². The van der Waals surface area contributed by atoms with Crippen molar-refractivity contribution in [2.75, 3.05) is 0 Å². The molecule has 1 rings (SSSR count). The molecule has 0 saturated heterocycles. The Morgan fingerprint density at radius 3 is 2.83 bits per heavy atom. The number of aromatic nitrogens is 1. The van der Waals surface area contributed by atoms with Crippen LogP contribution in [0.2, 0.25) is 0 Å². The fourth-order valence-electron chi connectivity index (χ4n) is 1.20. The molecule has 0 aliphatic heterocycles. The number of carbonyl (C=O) groups is 1. The van der Waals surface area contributed by atoms with E-state index in [1.165, 1.54) is 11.1 Å². The summed E-state index contributed by atoms with van der Waals surface area (Å²) >= 11 is 0. The van der Waals surface area contributed by atoms with Gasteiger partial charge >= 0.3 is 0 Å². The summed E-state index contributed by atoms with van der Waals surface area (Å²) in [5, 5.41) is 0. The first kappa shape index (κ1) is 8.91. The Labute approximate surface area is 72.6 Å². The van der Waals surface area contributed by atoms with Crippen molar-refractivity contribution in [2.45, 2.75) is 26.7 Å². The molecule has 0 aliphatic carbocycles. The van der Waals surface area contributed by atoms with E-state index in [-0.39, 0.29) is 0 Å². The molecule has 12 heavy (non-hydrogen) atoms. The summed E-state index contributed by atoms with van der Waals surface area (Å²) in [7, 11) is 0. The molecule has 1 heterocycles. The van der Waals surface area contributed by atoms with E-state index >= 15 is 0 Å². The van der Waals surface area contributed by atoms with Crippen LogP contribution in [-0.2, 0) is 11.2 Å². The minimum atomic E-state index is 0.566. The van der Waals surface area contributed by atoms with Gasteiger partial charge in [-0.05, 0) is 31.4 Å². The van der Waals surface area contributed by atoms with Crippen molar-refractivity contribution in [1.82, 2.24) is 4.98 Å². The summed E-state index contributed by atoms with van der Waals surface area (Å²) < 4.78 is 0. The molecule has 0 radical (unpaired) electrons. The number of hydrogen-bond acceptors (Lipinski definition) is 2. The van der Waals surface area contributed by atoms with Gasteiger partial charge in [-0.25, -0.2) is 0 Å². The first-order chi connectivity index (χ1) is 5.74. The van der Waals surface area contributed by atoms with E-state index in [0.717, 1.165) is 18.4 Å². The molecule has 1 aromatic heterocycles. The van der Waals surface area contributed by atoms with Gasteiger partial charge in [0, 0.05) is 18.3 Å². The molecule has 64 valence electrons. The van der Waals surface area contributed by atoms with E-state index in [1.54, 1.807) is 0 Å². The fourth-order valence-corrected chi connectivity index (χ4v) is 1.20. The third-order valence-corrected chi connectivity index (χ3v) is 1.82. The van der Waals surface area contributed by atoms with Gasteiger partial charge in [-0.1, -0.05) is 6.07 Å². The van der Waals surface area contributed by atoms with Crippen molar-refractivity contribution < 1.29 is 4.79 Å². The van der Waals surface area contributed by atoms with Gasteiger partial charge in [0.2, 0.25) is 0 Å². The van der Waals surface area contributed by atoms with Gasteiger partial charge in [0.1, 0.15) is 6.29 Å². The molecule has 1 aromatic rings. The molecule has 0 spiro atoms. The van der Waals surface area contributed by atoms with Crippen molar-refractivity contribution in [1.29, 1.82) is 0 Å². The number of hydrogen-bond donors (Lipinski definition) is 0. The number of aryl methyl sites for hydroxylation is 3. The van der Waals surface area contributed by atoms with Crippen molar-refractivity contribution in [3.63, 3.8) is 0 Å². The Bertz CT molecular complexity index is 281. The van der Waals surface area contributed by atoms with Crippen LogP contribution >= 0.6 is 0 Å². The topological polar surface area (TPSA) is 30.0 Å². The zero-order valence-corrected chi connectivity index (χ0v) is 7.50. The van der Waals surface area contributed by atoms with E-state index in [1.807, 2.05) is 20.0 Å². The number of carbonyl (C=O) groups excluding carboxylic acids is 1. The predicted octanol–water partition coefficient (Wildman–Crippen LogP) is 1.83. The average molecular weight is 163 g/mol. The zero-order chi connectivity index (χ0) is 8.97. The lowest BCUT2D eigenvalue weighted by molar-refractivity contribution is -0.107. The first-order valence-electron chi connectivity index (χ1n) is 4.10.